The maximum atomic E-state index is 11.2. The summed E-state index contributed by atoms with van der Waals surface area (Å²) < 4.78 is 22.3. The number of halogens is 2. The molecule has 0 spiro atoms. The molecule has 0 radical (unpaired) electrons. The van der Waals surface area contributed by atoms with Crippen molar-refractivity contribution in [1.29, 1.82) is 0 Å². The molecule has 0 heterocycles. The fourth-order valence-electron chi connectivity index (χ4n) is 8.27. The van der Waals surface area contributed by atoms with Crippen LogP contribution in [0.1, 0.15) is 126 Å². The van der Waals surface area contributed by atoms with Gasteiger partial charge in [0.05, 0.1) is 6.10 Å². The number of aliphatic hydroxyl groups is 1. The third-order valence-electron chi connectivity index (χ3n) is 10.5. The second kappa shape index (κ2) is 10.9. The van der Waals surface area contributed by atoms with Crippen LogP contribution < -0.4 is 0 Å². The van der Waals surface area contributed by atoms with Crippen molar-refractivity contribution in [3.05, 3.63) is 11.6 Å². The molecule has 0 amide bonds. The lowest BCUT2D eigenvalue weighted by atomic mass is 9.47. The van der Waals surface area contributed by atoms with Crippen LogP contribution in [0.15, 0.2) is 11.6 Å². The highest BCUT2D eigenvalue weighted by atomic mass is 19.3. The first-order chi connectivity index (χ1) is 15.8. The van der Waals surface area contributed by atoms with Gasteiger partial charge in [-0.1, -0.05) is 73.0 Å². The molecule has 3 heteroatoms. The molecule has 4 aliphatic carbocycles. The second-order valence-corrected chi connectivity index (χ2v) is 14.4. The quantitative estimate of drug-likeness (QED) is 0.307. The van der Waals surface area contributed by atoms with Crippen LogP contribution in [0.4, 0.5) is 8.78 Å². The molecule has 7 unspecified atom stereocenters. The van der Waals surface area contributed by atoms with Crippen LogP contribution in [0.2, 0.25) is 0 Å². The number of allylic oxidation sites excluding steroid dienone is 1. The fraction of sp³-hybridized carbons (Fsp3) is 0.935. The molecule has 198 valence electrons. The molecule has 0 aromatic carbocycles. The van der Waals surface area contributed by atoms with Crippen LogP contribution >= 0.6 is 0 Å². The predicted octanol–water partition coefficient (Wildman–Crippen LogP) is 9.44. The first-order valence-electron chi connectivity index (χ1n) is 14.4. The summed E-state index contributed by atoms with van der Waals surface area (Å²) in [5.41, 5.74) is 3.12. The van der Waals surface area contributed by atoms with Gasteiger partial charge in [0.15, 0.2) is 0 Å². The third kappa shape index (κ3) is 6.09. The van der Waals surface area contributed by atoms with Crippen molar-refractivity contribution in [3.63, 3.8) is 0 Å². The van der Waals surface area contributed by atoms with Crippen LogP contribution in [-0.4, -0.2) is 17.6 Å². The summed E-state index contributed by atoms with van der Waals surface area (Å²) in [4.78, 5) is 0. The Morgan fingerprint density at radius 2 is 1.68 bits per heavy atom. The Bertz CT molecular complexity index is 686. The topological polar surface area (TPSA) is 20.2 Å². The summed E-state index contributed by atoms with van der Waals surface area (Å²) in [7, 11) is 0. The average molecular weight is 481 g/mol. The first kappa shape index (κ1) is 28.1. The van der Waals surface area contributed by atoms with Crippen molar-refractivity contribution in [3.8, 4) is 0 Å². The summed E-state index contributed by atoms with van der Waals surface area (Å²) in [5.74, 6) is 3.26. The van der Waals surface area contributed by atoms with Gasteiger partial charge in [-0.3, -0.25) is 0 Å². The molecule has 7 atom stereocenters. The minimum Gasteiger partial charge on any atom is -0.393 e. The van der Waals surface area contributed by atoms with E-state index < -0.39 is 12.3 Å². The molecular formula is C31H54F2O. The van der Waals surface area contributed by atoms with E-state index in [9.17, 15) is 13.9 Å². The Morgan fingerprint density at radius 1 is 1.00 bits per heavy atom. The molecule has 0 aromatic rings. The molecule has 4 aliphatic rings. The van der Waals surface area contributed by atoms with Crippen LogP contribution in [0.3, 0.4) is 0 Å². The van der Waals surface area contributed by atoms with E-state index in [1.807, 2.05) is 0 Å². The number of hydrogen-bond donors (Lipinski definition) is 1. The zero-order chi connectivity index (χ0) is 25.3. The summed E-state index contributed by atoms with van der Waals surface area (Å²) in [6.07, 6.45) is 16.5. The smallest absolute Gasteiger partial charge is 0.240 e. The van der Waals surface area contributed by atoms with Gasteiger partial charge in [-0.25, -0.2) is 8.78 Å². The maximum Gasteiger partial charge on any atom is 0.240 e. The van der Waals surface area contributed by atoms with Gasteiger partial charge in [-0.05, 0) is 104 Å². The zero-order valence-electron chi connectivity index (χ0n) is 23.3. The largest absolute Gasteiger partial charge is 0.393 e. The van der Waals surface area contributed by atoms with E-state index in [-0.39, 0.29) is 6.10 Å². The molecule has 3 fully saturated rings. The van der Waals surface area contributed by atoms with E-state index >= 15 is 0 Å². The van der Waals surface area contributed by atoms with Gasteiger partial charge in [0.2, 0.25) is 6.43 Å². The Hall–Kier alpha value is -0.440. The van der Waals surface area contributed by atoms with E-state index in [2.05, 4.69) is 40.7 Å². The SMILES string of the molecule is CC(C)(C)CCCCC1CCC2C3CC=C4CC(O)CCC4(C)C3CCC12C.CC(C)C(F)F. The zero-order valence-corrected chi connectivity index (χ0v) is 23.3. The number of fused-ring (bicyclic) bond motifs is 5. The van der Waals surface area contributed by atoms with Crippen molar-refractivity contribution in [2.45, 2.75) is 138 Å². The van der Waals surface area contributed by atoms with Gasteiger partial charge in [0.25, 0.3) is 0 Å². The number of unbranched alkanes of at least 4 members (excludes halogenated alkanes) is 1. The minimum absolute atomic E-state index is 0.0753. The van der Waals surface area contributed by atoms with Gasteiger partial charge in [-0.2, -0.15) is 0 Å². The van der Waals surface area contributed by atoms with Crippen molar-refractivity contribution < 1.29 is 13.9 Å². The van der Waals surface area contributed by atoms with Crippen molar-refractivity contribution in [2.75, 3.05) is 0 Å². The van der Waals surface area contributed by atoms with E-state index in [0.717, 1.165) is 36.5 Å². The molecular weight excluding hydrogens is 426 g/mol. The lowest BCUT2D eigenvalue weighted by Gasteiger charge is -2.58. The van der Waals surface area contributed by atoms with Gasteiger partial charge in [0.1, 0.15) is 0 Å². The predicted molar refractivity (Wildman–Crippen MR) is 140 cm³/mol. The molecule has 1 nitrogen and oxygen atoms in total. The Kier molecular flexibility index (Phi) is 9.02. The molecule has 0 bridgehead atoms. The summed E-state index contributed by atoms with van der Waals surface area (Å²) in [5, 5.41) is 10.2. The molecule has 34 heavy (non-hydrogen) atoms. The van der Waals surface area contributed by atoms with E-state index in [0.29, 0.717) is 16.2 Å². The molecule has 0 aliphatic heterocycles. The molecule has 1 N–H and O–H groups in total. The van der Waals surface area contributed by atoms with Crippen LogP contribution in [0.25, 0.3) is 0 Å². The second-order valence-electron chi connectivity index (χ2n) is 14.4. The van der Waals surface area contributed by atoms with Crippen molar-refractivity contribution in [2.24, 2.45) is 45.8 Å². The van der Waals surface area contributed by atoms with Crippen molar-refractivity contribution in [1.82, 2.24) is 0 Å². The Morgan fingerprint density at radius 3 is 2.29 bits per heavy atom. The number of hydrogen-bond acceptors (Lipinski definition) is 1. The molecule has 3 saturated carbocycles. The van der Waals surface area contributed by atoms with Gasteiger partial charge >= 0.3 is 0 Å². The highest BCUT2D eigenvalue weighted by Gasteiger charge is 2.58. The number of aliphatic hydroxyl groups excluding tert-OH is 1. The van der Waals surface area contributed by atoms with Crippen LogP contribution in [0.5, 0.6) is 0 Å². The standard InChI is InChI=1S/C27H46O.C4H8F2/c1-25(2,3)15-7-6-8-19-10-12-23-22-11-9-20-18-21(28)13-16-27(20,5)24(22)14-17-26(19,23)4;1-3(2)4(5)6/h9,19,21-24,28H,6-8,10-18H2,1-5H3;3-4H,1-2H3. The highest BCUT2D eigenvalue weighted by molar-refractivity contribution is 5.25. The highest BCUT2D eigenvalue weighted by Crippen LogP contribution is 2.66. The van der Waals surface area contributed by atoms with E-state index in [1.54, 1.807) is 5.57 Å². The summed E-state index contributed by atoms with van der Waals surface area (Å²) >= 11 is 0. The number of rotatable bonds is 5. The lowest BCUT2D eigenvalue weighted by Crippen LogP contribution is -2.50. The third-order valence-corrected chi connectivity index (χ3v) is 10.5. The van der Waals surface area contributed by atoms with Crippen LogP contribution in [0, 0.1) is 45.8 Å². The van der Waals surface area contributed by atoms with Gasteiger partial charge < -0.3 is 5.11 Å². The maximum absolute atomic E-state index is 11.2. The van der Waals surface area contributed by atoms with E-state index in [1.165, 1.54) is 78.1 Å². The first-order valence-corrected chi connectivity index (χ1v) is 14.4. The molecule has 0 saturated heterocycles. The lowest BCUT2D eigenvalue weighted by molar-refractivity contribution is -0.0509. The monoisotopic (exact) mass is 480 g/mol. The summed E-state index contributed by atoms with van der Waals surface area (Å²) in [6.45, 7) is 15.4. The fourth-order valence-corrected chi connectivity index (χ4v) is 8.27. The number of alkyl halides is 2. The summed E-state index contributed by atoms with van der Waals surface area (Å²) in [6, 6.07) is 0. The van der Waals surface area contributed by atoms with Gasteiger partial charge in [0, 0.05) is 5.92 Å². The van der Waals surface area contributed by atoms with E-state index in [4.69, 9.17) is 0 Å². The van der Waals surface area contributed by atoms with Gasteiger partial charge in [-0.15, -0.1) is 0 Å². The minimum atomic E-state index is -2.15. The average Bonchev–Trinajstić information content (AvgIpc) is 3.08. The van der Waals surface area contributed by atoms with Crippen LogP contribution in [-0.2, 0) is 0 Å². The van der Waals surface area contributed by atoms with Crippen molar-refractivity contribution >= 4 is 0 Å². The molecule has 0 aromatic heterocycles. The Balaban J connectivity index is 0.000000481. The Labute approximate surface area is 209 Å². The normalized spacial score (nSPS) is 39.6. The molecule has 4 rings (SSSR count).